The van der Waals surface area contributed by atoms with E-state index >= 15 is 0 Å². The summed E-state index contributed by atoms with van der Waals surface area (Å²) in [5, 5.41) is 0.235. The van der Waals surface area contributed by atoms with Crippen molar-refractivity contribution in [3.05, 3.63) is 34.6 Å². The Morgan fingerprint density at radius 3 is 2.57 bits per heavy atom. The zero-order valence-electron chi connectivity index (χ0n) is 12.4. The largest absolute Gasteiger partial charge is 0.329 e. The standard InChI is InChI=1S/C17H24ClFN2/c18-15-7-3-6-14(16(15)19)17(12-4-1-2-5-12)21(11-10-20)13-8-9-13/h3,6-7,12-13,17H,1-2,4-5,8-11,20H2. The Labute approximate surface area is 131 Å². The highest BCUT2D eigenvalue weighted by Gasteiger charge is 2.39. The third-order valence-corrected chi connectivity index (χ3v) is 5.20. The van der Waals surface area contributed by atoms with Crippen LogP contribution in [0.15, 0.2) is 18.2 Å². The minimum atomic E-state index is -0.237. The Morgan fingerprint density at radius 2 is 1.95 bits per heavy atom. The smallest absolute Gasteiger partial charge is 0.146 e. The van der Waals surface area contributed by atoms with Crippen LogP contribution < -0.4 is 5.73 Å². The Morgan fingerprint density at radius 1 is 1.24 bits per heavy atom. The van der Waals surface area contributed by atoms with Crippen molar-refractivity contribution in [3.63, 3.8) is 0 Å². The van der Waals surface area contributed by atoms with E-state index in [1.54, 1.807) is 6.07 Å². The molecule has 4 heteroatoms. The topological polar surface area (TPSA) is 29.3 Å². The number of hydrogen-bond donors (Lipinski definition) is 1. The lowest BCUT2D eigenvalue weighted by Gasteiger charge is -2.36. The molecule has 1 aromatic rings. The first-order valence-corrected chi connectivity index (χ1v) is 8.50. The van der Waals surface area contributed by atoms with E-state index in [0.717, 1.165) is 12.1 Å². The van der Waals surface area contributed by atoms with Gasteiger partial charge in [-0.25, -0.2) is 4.39 Å². The molecule has 0 spiro atoms. The summed E-state index contributed by atoms with van der Waals surface area (Å²) in [6.45, 7) is 1.47. The molecule has 1 atom stereocenters. The van der Waals surface area contributed by atoms with E-state index in [1.807, 2.05) is 12.1 Å². The van der Waals surface area contributed by atoms with Crippen LogP contribution in [0, 0.1) is 11.7 Å². The maximum Gasteiger partial charge on any atom is 0.146 e. The van der Waals surface area contributed by atoms with E-state index in [2.05, 4.69) is 4.90 Å². The van der Waals surface area contributed by atoms with Gasteiger partial charge in [0.2, 0.25) is 0 Å². The minimum absolute atomic E-state index is 0.141. The van der Waals surface area contributed by atoms with Crippen LogP contribution in [0.25, 0.3) is 0 Å². The lowest BCUT2D eigenvalue weighted by atomic mass is 9.89. The molecule has 2 N–H and O–H groups in total. The first kappa shape index (κ1) is 15.3. The van der Waals surface area contributed by atoms with Gasteiger partial charge in [-0.15, -0.1) is 0 Å². The fraction of sp³-hybridized carbons (Fsp3) is 0.647. The van der Waals surface area contributed by atoms with Gasteiger partial charge in [0.05, 0.1) is 5.02 Å². The Hall–Kier alpha value is -0.640. The highest BCUT2D eigenvalue weighted by atomic mass is 35.5. The predicted octanol–water partition coefficient (Wildman–Crippen LogP) is 4.13. The first-order chi connectivity index (χ1) is 10.2. The van der Waals surface area contributed by atoms with Crippen LogP contribution in [0.4, 0.5) is 4.39 Å². The molecule has 2 saturated carbocycles. The molecule has 0 saturated heterocycles. The maximum absolute atomic E-state index is 14.6. The van der Waals surface area contributed by atoms with Crippen LogP contribution in [0.3, 0.4) is 0 Å². The van der Waals surface area contributed by atoms with Crippen molar-refractivity contribution < 1.29 is 4.39 Å². The first-order valence-electron chi connectivity index (χ1n) is 8.12. The molecule has 0 aromatic heterocycles. The molecule has 2 nitrogen and oxygen atoms in total. The fourth-order valence-corrected chi connectivity index (χ4v) is 4.01. The Balaban J connectivity index is 1.96. The molecular weight excluding hydrogens is 287 g/mol. The van der Waals surface area contributed by atoms with Crippen molar-refractivity contribution in [2.45, 2.75) is 50.6 Å². The van der Waals surface area contributed by atoms with E-state index < -0.39 is 0 Å². The SMILES string of the molecule is NCCN(C1CC1)C(c1cccc(Cl)c1F)C1CCCC1. The molecular formula is C17H24ClFN2. The maximum atomic E-state index is 14.6. The molecule has 2 aliphatic rings. The van der Waals surface area contributed by atoms with E-state index in [4.69, 9.17) is 17.3 Å². The van der Waals surface area contributed by atoms with Gasteiger partial charge in [-0.1, -0.05) is 36.6 Å². The highest BCUT2D eigenvalue weighted by molar-refractivity contribution is 6.30. The summed E-state index contributed by atoms with van der Waals surface area (Å²) in [5.41, 5.74) is 6.59. The summed E-state index contributed by atoms with van der Waals surface area (Å²) in [6.07, 6.45) is 7.31. The summed E-state index contributed by atoms with van der Waals surface area (Å²) < 4.78 is 14.6. The number of halogens is 2. The van der Waals surface area contributed by atoms with Crippen molar-refractivity contribution in [2.75, 3.05) is 13.1 Å². The number of benzene rings is 1. The third kappa shape index (κ3) is 3.25. The zero-order chi connectivity index (χ0) is 14.8. The van der Waals surface area contributed by atoms with Crippen molar-refractivity contribution in [1.82, 2.24) is 4.90 Å². The van der Waals surface area contributed by atoms with Gasteiger partial charge in [0.1, 0.15) is 5.82 Å². The molecule has 1 aromatic carbocycles. The molecule has 0 heterocycles. The van der Waals surface area contributed by atoms with Crippen LogP contribution >= 0.6 is 11.6 Å². The van der Waals surface area contributed by atoms with Crippen LogP contribution in [0.5, 0.6) is 0 Å². The van der Waals surface area contributed by atoms with Crippen LogP contribution in [0.2, 0.25) is 5.02 Å². The third-order valence-electron chi connectivity index (χ3n) is 4.91. The quantitative estimate of drug-likeness (QED) is 0.856. The molecule has 2 aliphatic carbocycles. The number of nitrogens with zero attached hydrogens (tertiary/aromatic N) is 1. The summed E-state index contributed by atoms with van der Waals surface area (Å²) in [6, 6.07) is 6.14. The van der Waals surface area contributed by atoms with Gasteiger partial charge in [-0.2, -0.15) is 0 Å². The molecule has 3 rings (SSSR count). The van der Waals surface area contributed by atoms with Crippen LogP contribution in [0.1, 0.15) is 50.1 Å². The van der Waals surface area contributed by atoms with Gasteiger partial charge >= 0.3 is 0 Å². The van der Waals surface area contributed by atoms with Gasteiger partial charge in [0.15, 0.2) is 0 Å². The van der Waals surface area contributed by atoms with Crippen molar-refractivity contribution in [1.29, 1.82) is 0 Å². The van der Waals surface area contributed by atoms with E-state index in [1.165, 1.54) is 38.5 Å². The second kappa shape index (κ2) is 6.64. The average molecular weight is 311 g/mol. The molecule has 2 fully saturated rings. The molecule has 21 heavy (non-hydrogen) atoms. The Bertz CT molecular complexity index is 484. The highest BCUT2D eigenvalue weighted by Crippen LogP contribution is 2.45. The summed E-state index contributed by atoms with van der Waals surface area (Å²) in [5.74, 6) is 0.295. The number of nitrogens with two attached hydrogens (primary N) is 1. The minimum Gasteiger partial charge on any atom is -0.329 e. The summed E-state index contributed by atoms with van der Waals surface area (Å²) in [7, 11) is 0. The van der Waals surface area contributed by atoms with E-state index in [-0.39, 0.29) is 16.9 Å². The molecule has 0 radical (unpaired) electrons. The number of hydrogen-bond acceptors (Lipinski definition) is 2. The second-order valence-corrected chi connectivity index (χ2v) is 6.80. The molecule has 1 unspecified atom stereocenters. The van der Waals surface area contributed by atoms with Crippen molar-refractivity contribution in [3.8, 4) is 0 Å². The average Bonchev–Trinajstić information content (AvgIpc) is 3.18. The van der Waals surface area contributed by atoms with Crippen molar-refractivity contribution >= 4 is 11.6 Å². The monoisotopic (exact) mass is 310 g/mol. The van der Waals surface area contributed by atoms with E-state index in [9.17, 15) is 4.39 Å². The normalized spacial score (nSPS) is 21.1. The molecule has 0 aliphatic heterocycles. The van der Waals surface area contributed by atoms with E-state index in [0.29, 0.717) is 18.5 Å². The zero-order valence-corrected chi connectivity index (χ0v) is 13.2. The second-order valence-electron chi connectivity index (χ2n) is 6.39. The number of rotatable bonds is 6. The molecule has 116 valence electrons. The van der Waals surface area contributed by atoms with Gasteiger partial charge in [-0.05, 0) is 37.7 Å². The summed E-state index contributed by atoms with van der Waals surface area (Å²) >= 11 is 6.02. The summed E-state index contributed by atoms with van der Waals surface area (Å²) in [4.78, 5) is 2.45. The lowest BCUT2D eigenvalue weighted by molar-refractivity contribution is 0.134. The lowest BCUT2D eigenvalue weighted by Crippen LogP contribution is -2.38. The molecule has 0 bridgehead atoms. The van der Waals surface area contributed by atoms with Gasteiger partial charge in [0.25, 0.3) is 0 Å². The van der Waals surface area contributed by atoms with Crippen LogP contribution in [-0.4, -0.2) is 24.0 Å². The van der Waals surface area contributed by atoms with Gasteiger partial charge < -0.3 is 5.73 Å². The van der Waals surface area contributed by atoms with Gasteiger partial charge in [-0.3, -0.25) is 4.90 Å². The van der Waals surface area contributed by atoms with Crippen LogP contribution in [-0.2, 0) is 0 Å². The van der Waals surface area contributed by atoms with Crippen molar-refractivity contribution in [2.24, 2.45) is 11.7 Å². The van der Waals surface area contributed by atoms with Gasteiger partial charge in [0, 0.05) is 30.7 Å². The molecule has 0 amide bonds. The predicted molar refractivity (Wildman–Crippen MR) is 84.9 cm³/mol. The fourth-order valence-electron chi connectivity index (χ4n) is 3.83. The Kier molecular flexibility index (Phi) is 4.82.